The Balaban J connectivity index is 1.68. The summed E-state index contributed by atoms with van der Waals surface area (Å²) in [4.78, 5) is 13.0. The van der Waals surface area contributed by atoms with Crippen molar-refractivity contribution in [3.63, 3.8) is 0 Å². The Kier molecular flexibility index (Phi) is 11.0. The van der Waals surface area contributed by atoms with Gasteiger partial charge in [-0.3, -0.25) is 4.79 Å². The first kappa shape index (κ1) is 30.8. The number of carbonyl (C=O) groups is 1. The largest absolute Gasteiger partial charge is 0.481 e. The molecule has 0 bridgehead atoms. The van der Waals surface area contributed by atoms with Gasteiger partial charge < -0.3 is 10.4 Å². The van der Waals surface area contributed by atoms with E-state index in [1.54, 1.807) is 36.4 Å². The standard InChI is InChI=1S/C32H32Cl2N2O4S/c33-26-16-17-28(30(34)22-26)31(35-20-18-24-10-4-1-5-11-24)29(32(37)38)23-36(21-19-25-12-6-2-7-13-25)41(39,40)27-14-8-3-9-15-27/h1-17,22,29,31,35H,18-21,23H2,(H,37,38). The number of halogens is 2. The van der Waals surface area contributed by atoms with Crippen molar-refractivity contribution in [3.05, 3.63) is 136 Å². The van der Waals surface area contributed by atoms with Gasteiger partial charge in [-0.1, -0.05) is 108 Å². The van der Waals surface area contributed by atoms with E-state index in [1.165, 1.54) is 16.4 Å². The zero-order chi connectivity index (χ0) is 29.2. The molecule has 0 saturated carbocycles. The van der Waals surface area contributed by atoms with E-state index in [1.807, 2.05) is 60.7 Å². The minimum Gasteiger partial charge on any atom is -0.481 e. The summed E-state index contributed by atoms with van der Waals surface area (Å²) >= 11 is 12.7. The molecule has 2 unspecified atom stereocenters. The SMILES string of the molecule is O=C(O)C(CN(CCc1ccccc1)S(=O)(=O)c1ccccc1)C(NCCc1ccccc1)c1ccc(Cl)cc1Cl. The van der Waals surface area contributed by atoms with Gasteiger partial charge in [-0.05, 0) is 60.3 Å². The van der Waals surface area contributed by atoms with Crippen molar-refractivity contribution in [2.75, 3.05) is 19.6 Å². The number of rotatable bonds is 14. The maximum atomic E-state index is 13.9. The van der Waals surface area contributed by atoms with Crippen LogP contribution in [-0.4, -0.2) is 43.4 Å². The smallest absolute Gasteiger partial charge is 0.309 e. The van der Waals surface area contributed by atoms with E-state index in [0.717, 1.165) is 11.1 Å². The van der Waals surface area contributed by atoms with Crippen LogP contribution in [0, 0.1) is 5.92 Å². The first-order valence-corrected chi connectivity index (χ1v) is 15.5. The summed E-state index contributed by atoms with van der Waals surface area (Å²) in [7, 11) is -4.01. The third-order valence-corrected chi connectivity index (χ3v) is 9.35. The Bertz CT molecular complexity index is 1520. The fourth-order valence-electron chi connectivity index (χ4n) is 4.73. The van der Waals surface area contributed by atoms with Crippen LogP contribution in [0.4, 0.5) is 0 Å². The second-order valence-electron chi connectivity index (χ2n) is 9.69. The van der Waals surface area contributed by atoms with Gasteiger partial charge in [0.15, 0.2) is 0 Å². The van der Waals surface area contributed by atoms with E-state index >= 15 is 0 Å². The summed E-state index contributed by atoms with van der Waals surface area (Å²) in [6, 6.07) is 31.5. The Morgan fingerprint density at radius 3 is 1.93 bits per heavy atom. The molecule has 6 nitrogen and oxygen atoms in total. The van der Waals surface area contributed by atoms with Crippen LogP contribution in [0.1, 0.15) is 22.7 Å². The summed E-state index contributed by atoms with van der Waals surface area (Å²) in [5.74, 6) is -2.29. The Morgan fingerprint density at radius 1 is 0.805 bits per heavy atom. The maximum Gasteiger partial charge on any atom is 0.309 e. The molecule has 2 N–H and O–H groups in total. The fraction of sp³-hybridized carbons (Fsp3) is 0.219. The van der Waals surface area contributed by atoms with Crippen molar-refractivity contribution in [2.24, 2.45) is 5.92 Å². The molecule has 0 aromatic heterocycles. The molecule has 41 heavy (non-hydrogen) atoms. The van der Waals surface area contributed by atoms with Crippen LogP contribution >= 0.6 is 23.2 Å². The van der Waals surface area contributed by atoms with Crippen LogP contribution in [-0.2, 0) is 27.7 Å². The highest BCUT2D eigenvalue weighted by Crippen LogP contribution is 2.32. The minimum absolute atomic E-state index is 0.107. The number of hydrogen-bond acceptors (Lipinski definition) is 4. The second kappa shape index (κ2) is 14.6. The predicted molar refractivity (Wildman–Crippen MR) is 164 cm³/mol. The first-order valence-electron chi connectivity index (χ1n) is 13.3. The molecule has 4 rings (SSSR count). The molecule has 0 radical (unpaired) electrons. The van der Waals surface area contributed by atoms with E-state index in [9.17, 15) is 18.3 Å². The van der Waals surface area contributed by atoms with Gasteiger partial charge in [0, 0.05) is 29.2 Å². The molecule has 0 aliphatic heterocycles. The molecular formula is C32H32Cl2N2O4S. The lowest BCUT2D eigenvalue weighted by atomic mass is 9.92. The highest BCUT2D eigenvalue weighted by molar-refractivity contribution is 7.89. The van der Waals surface area contributed by atoms with Crippen LogP contribution < -0.4 is 5.32 Å². The number of nitrogens with zero attached hydrogens (tertiary/aromatic N) is 1. The van der Waals surface area contributed by atoms with Crippen LogP contribution in [0.15, 0.2) is 114 Å². The zero-order valence-corrected chi connectivity index (χ0v) is 24.7. The number of aliphatic carboxylic acids is 1. The predicted octanol–water partition coefficient (Wildman–Crippen LogP) is 6.50. The third-order valence-electron chi connectivity index (χ3n) is 6.91. The van der Waals surface area contributed by atoms with E-state index in [4.69, 9.17) is 23.2 Å². The van der Waals surface area contributed by atoms with E-state index in [2.05, 4.69) is 5.32 Å². The summed E-state index contributed by atoms with van der Waals surface area (Å²) in [5.41, 5.74) is 2.58. The van der Waals surface area contributed by atoms with Gasteiger partial charge in [0.2, 0.25) is 10.0 Å². The number of hydrogen-bond donors (Lipinski definition) is 2. The molecule has 0 saturated heterocycles. The lowest BCUT2D eigenvalue weighted by Gasteiger charge is -2.31. The molecule has 0 aliphatic rings. The van der Waals surface area contributed by atoms with Crippen molar-refractivity contribution < 1.29 is 18.3 Å². The van der Waals surface area contributed by atoms with Crippen molar-refractivity contribution in [1.82, 2.24) is 9.62 Å². The van der Waals surface area contributed by atoms with Crippen LogP contribution in [0.25, 0.3) is 0 Å². The molecule has 9 heteroatoms. The van der Waals surface area contributed by atoms with Gasteiger partial charge >= 0.3 is 5.97 Å². The molecule has 0 amide bonds. The minimum atomic E-state index is -4.01. The molecule has 4 aromatic carbocycles. The van der Waals surface area contributed by atoms with Crippen LogP contribution in [0.3, 0.4) is 0 Å². The van der Waals surface area contributed by atoms with Crippen molar-refractivity contribution >= 4 is 39.2 Å². The van der Waals surface area contributed by atoms with Gasteiger partial charge in [0.25, 0.3) is 0 Å². The van der Waals surface area contributed by atoms with Gasteiger partial charge in [0.1, 0.15) is 0 Å². The van der Waals surface area contributed by atoms with E-state index in [0.29, 0.717) is 35.0 Å². The van der Waals surface area contributed by atoms with Crippen molar-refractivity contribution in [2.45, 2.75) is 23.8 Å². The average Bonchev–Trinajstić information content (AvgIpc) is 2.97. The number of benzene rings is 4. The lowest BCUT2D eigenvalue weighted by Crippen LogP contribution is -2.44. The monoisotopic (exact) mass is 610 g/mol. The fourth-order valence-corrected chi connectivity index (χ4v) is 6.75. The summed E-state index contributed by atoms with van der Waals surface area (Å²) in [6.45, 7) is 0.296. The second-order valence-corrected chi connectivity index (χ2v) is 12.5. The lowest BCUT2D eigenvalue weighted by molar-refractivity contribution is -0.143. The molecular weight excluding hydrogens is 579 g/mol. The average molecular weight is 612 g/mol. The molecule has 2 atom stereocenters. The highest BCUT2D eigenvalue weighted by atomic mass is 35.5. The van der Waals surface area contributed by atoms with E-state index < -0.39 is 28.0 Å². The van der Waals surface area contributed by atoms with Gasteiger partial charge in [-0.25, -0.2) is 8.42 Å². The number of carboxylic acids is 1. The topological polar surface area (TPSA) is 86.7 Å². The van der Waals surface area contributed by atoms with Crippen LogP contribution in [0.5, 0.6) is 0 Å². The quantitative estimate of drug-likeness (QED) is 0.170. The molecule has 0 fully saturated rings. The first-order chi connectivity index (χ1) is 19.8. The molecule has 0 aliphatic carbocycles. The molecule has 0 spiro atoms. The zero-order valence-electron chi connectivity index (χ0n) is 22.4. The van der Waals surface area contributed by atoms with Crippen molar-refractivity contribution in [1.29, 1.82) is 0 Å². The van der Waals surface area contributed by atoms with Gasteiger partial charge in [-0.15, -0.1) is 0 Å². The summed E-state index contributed by atoms with van der Waals surface area (Å²) in [5, 5.41) is 14.6. The third kappa shape index (κ3) is 8.41. The molecule has 0 heterocycles. The Labute approximate surface area is 251 Å². The Hall–Kier alpha value is -3.20. The number of sulfonamides is 1. The highest BCUT2D eigenvalue weighted by Gasteiger charge is 2.36. The normalized spacial score (nSPS) is 13.1. The number of carboxylic acid groups (broad SMARTS) is 1. The number of nitrogens with one attached hydrogen (secondary N) is 1. The summed E-state index contributed by atoms with van der Waals surface area (Å²) in [6.07, 6.45) is 1.07. The van der Waals surface area contributed by atoms with Crippen molar-refractivity contribution in [3.8, 4) is 0 Å². The van der Waals surface area contributed by atoms with Gasteiger partial charge in [-0.2, -0.15) is 4.31 Å². The molecule has 214 valence electrons. The van der Waals surface area contributed by atoms with E-state index in [-0.39, 0.29) is 18.0 Å². The van der Waals surface area contributed by atoms with Crippen LogP contribution in [0.2, 0.25) is 10.0 Å². The van der Waals surface area contributed by atoms with Gasteiger partial charge in [0.05, 0.1) is 10.8 Å². The molecule has 4 aromatic rings. The Morgan fingerprint density at radius 2 is 1.37 bits per heavy atom. The maximum absolute atomic E-state index is 13.9. The summed E-state index contributed by atoms with van der Waals surface area (Å²) < 4.78 is 29.0.